The summed E-state index contributed by atoms with van der Waals surface area (Å²) in [5, 5.41) is 16.9. The van der Waals surface area contributed by atoms with Crippen molar-refractivity contribution in [3.05, 3.63) is 51.7 Å². The van der Waals surface area contributed by atoms with Crippen LogP contribution in [0.1, 0.15) is 41.3 Å². The largest absolute Gasteiger partial charge is 0.385 e. The predicted molar refractivity (Wildman–Crippen MR) is 81.6 cm³/mol. The highest BCUT2D eigenvalue weighted by molar-refractivity contribution is 5.92. The predicted octanol–water partition coefficient (Wildman–Crippen LogP) is 0.524. The van der Waals surface area contributed by atoms with E-state index in [1.807, 2.05) is 6.92 Å². The molecule has 2 aromatic rings. The van der Waals surface area contributed by atoms with Crippen molar-refractivity contribution >= 4 is 5.91 Å². The molecule has 0 saturated heterocycles. The number of rotatable bonds is 6. The molecule has 0 bridgehead atoms. The van der Waals surface area contributed by atoms with Crippen LogP contribution in [0, 0.1) is 0 Å². The molecule has 3 N–H and O–H groups in total. The van der Waals surface area contributed by atoms with E-state index in [1.165, 1.54) is 10.7 Å². The second-order valence-electron chi connectivity index (χ2n) is 5.09. The van der Waals surface area contributed by atoms with Crippen LogP contribution in [0.4, 0.5) is 0 Å². The van der Waals surface area contributed by atoms with Gasteiger partial charge in [0.1, 0.15) is 11.8 Å². The molecule has 2 heterocycles. The molecule has 2 rings (SSSR count). The number of aromatic amines is 1. The van der Waals surface area contributed by atoms with Crippen LogP contribution in [0.3, 0.4) is 0 Å². The Hall–Kier alpha value is -2.41. The van der Waals surface area contributed by atoms with E-state index in [1.54, 1.807) is 25.2 Å². The number of aryl methyl sites for hydroxylation is 2. The monoisotopic (exact) mass is 304 g/mol. The van der Waals surface area contributed by atoms with Gasteiger partial charge in [-0.2, -0.15) is 5.10 Å². The zero-order valence-electron chi connectivity index (χ0n) is 12.7. The minimum Gasteiger partial charge on any atom is -0.385 e. The molecule has 0 saturated carbocycles. The van der Waals surface area contributed by atoms with Crippen molar-refractivity contribution in [1.29, 1.82) is 0 Å². The smallest absolute Gasteiger partial charge is 0.269 e. The summed E-state index contributed by atoms with van der Waals surface area (Å²) in [6.07, 6.45) is 0.800. The van der Waals surface area contributed by atoms with E-state index in [4.69, 9.17) is 0 Å². The van der Waals surface area contributed by atoms with Gasteiger partial charge in [0.15, 0.2) is 0 Å². The van der Waals surface area contributed by atoms with Gasteiger partial charge in [0, 0.05) is 25.4 Å². The number of pyridine rings is 1. The Kier molecular flexibility index (Phi) is 5.11. The molecule has 1 atom stereocenters. The van der Waals surface area contributed by atoms with Crippen LogP contribution in [-0.4, -0.2) is 32.3 Å². The van der Waals surface area contributed by atoms with Gasteiger partial charge < -0.3 is 15.4 Å². The van der Waals surface area contributed by atoms with E-state index < -0.39 is 6.10 Å². The summed E-state index contributed by atoms with van der Waals surface area (Å²) in [4.78, 5) is 25.9. The Morgan fingerprint density at radius 2 is 2.27 bits per heavy atom. The maximum Gasteiger partial charge on any atom is 0.269 e. The highest BCUT2D eigenvalue weighted by atomic mass is 16.3. The van der Waals surface area contributed by atoms with Gasteiger partial charge in [-0.25, -0.2) is 0 Å². The number of nitrogens with one attached hydrogen (secondary N) is 2. The second-order valence-corrected chi connectivity index (χ2v) is 5.09. The Morgan fingerprint density at radius 1 is 1.50 bits per heavy atom. The lowest BCUT2D eigenvalue weighted by molar-refractivity contribution is 0.0904. The van der Waals surface area contributed by atoms with E-state index in [2.05, 4.69) is 15.4 Å². The van der Waals surface area contributed by atoms with Gasteiger partial charge in [-0.1, -0.05) is 19.4 Å². The summed E-state index contributed by atoms with van der Waals surface area (Å²) >= 11 is 0. The number of aliphatic hydroxyl groups is 1. The van der Waals surface area contributed by atoms with E-state index >= 15 is 0 Å². The van der Waals surface area contributed by atoms with Crippen molar-refractivity contribution < 1.29 is 9.90 Å². The number of carbonyl (C=O) groups is 1. The molecule has 118 valence electrons. The second kappa shape index (κ2) is 7.04. The molecule has 7 nitrogen and oxygen atoms in total. The zero-order valence-corrected chi connectivity index (χ0v) is 12.7. The SMILES string of the molecule is CCCc1cc(C(=O)NCC(O)c2cccc(=O)[nH]2)n(C)n1. The lowest BCUT2D eigenvalue weighted by Gasteiger charge is -2.11. The first-order valence-corrected chi connectivity index (χ1v) is 7.19. The number of aromatic nitrogens is 3. The summed E-state index contributed by atoms with van der Waals surface area (Å²) in [7, 11) is 1.71. The first-order valence-electron chi connectivity index (χ1n) is 7.19. The van der Waals surface area contributed by atoms with Gasteiger partial charge in [0.25, 0.3) is 5.91 Å². The topological polar surface area (TPSA) is 100 Å². The van der Waals surface area contributed by atoms with Crippen molar-refractivity contribution in [3.63, 3.8) is 0 Å². The minimum atomic E-state index is -0.971. The van der Waals surface area contributed by atoms with Gasteiger partial charge in [0.05, 0.1) is 5.69 Å². The molecule has 0 radical (unpaired) electrons. The number of aliphatic hydroxyl groups excluding tert-OH is 1. The van der Waals surface area contributed by atoms with Gasteiger partial charge in [-0.15, -0.1) is 0 Å². The third kappa shape index (κ3) is 3.82. The van der Waals surface area contributed by atoms with Crippen LogP contribution in [0.25, 0.3) is 0 Å². The van der Waals surface area contributed by atoms with Crippen LogP contribution in [0.2, 0.25) is 0 Å². The van der Waals surface area contributed by atoms with Crippen LogP contribution in [0.15, 0.2) is 29.1 Å². The van der Waals surface area contributed by atoms with Gasteiger partial charge in [-0.3, -0.25) is 14.3 Å². The summed E-state index contributed by atoms with van der Waals surface area (Å²) in [5.74, 6) is -0.310. The molecule has 0 aliphatic heterocycles. The van der Waals surface area contributed by atoms with Crippen molar-refractivity contribution in [1.82, 2.24) is 20.1 Å². The maximum atomic E-state index is 12.1. The van der Waals surface area contributed by atoms with Gasteiger partial charge in [-0.05, 0) is 18.6 Å². The molecular weight excluding hydrogens is 284 g/mol. The lowest BCUT2D eigenvalue weighted by Crippen LogP contribution is -2.30. The number of carbonyl (C=O) groups excluding carboxylic acids is 1. The van der Waals surface area contributed by atoms with E-state index in [0.717, 1.165) is 18.5 Å². The molecule has 22 heavy (non-hydrogen) atoms. The molecular formula is C15H20N4O3. The quantitative estimate of drug-likeness (QED) is 0.724. The van der Waals surface area contributed by atoms with Gasteiger partial charge >= 0.3 is 0 Å². The van der Waals surface area contributed by atoms with Crippen LogP contribution in [-0.2, 0) is 13.5 Å². The molecule has 0 aromatic carbocycles. The van der Waals surface area contributed by atoms with Crippen molar-refractivity contribution in [3.8, 4) is 0 Å². The average Bonchev–Trinajstić information content (AvgIpc) is 2.85. The van der Waals surface area contributed by atoms with Gasteiger partial charge in [0.2, 0.25) is 5.56 Å². The Labute approximate surface area is 128 Å². The number of nitrogens with zero attached hydrogens (tertiary/aromatic N) is 2. The van der Waals surface area contributed by atoms with E-state index in [0.29, 0.717) is 11.4 Å². The molecule has 0 fully saturated rings. The molecule has 0 aliphatic carbocycles. The fourth-order valence-electron chi connectivity index (χ4n) is 2.17. The third-order valence-corrected chi connectivity index (χ3v) is 3.28. The highest BCUT2D eigenvalue weighted by Gasteiger charge is 2.15. The zero-order chi connectivity index (χ0) is 16.1. The summed E-state index contributed by atoms with van der Waals surface area (Å²) in [6.45, 7) is 2.05. The maximum absolute atomic E-state index is 12.1. The van der Waals surface area contributed by atoms with Crippen LogP contribution < -0.4 is 10.9 Å². The fourth-order valence-corrected chi connectivity index (χ4v) is 2.17. The lowest BCUT2D eigenvalue weighted by atomic mass is 10.2. The van der Waals surface area contributed by atoms with Crippen LogP contribution in [0.5, 0.6) is 0 Å². The standard InChI is InChI=1S/C15H20N4O3/c1-3-5-10-8-12(19(2)18-10)15(22)16-9-13(20)11-6-4-7-14(21)17-11/h4,6-8,13,20H,3,5,9H2,1-2H3,(H,16,22)(H,17,21). The fraction of sp³-hybridized carbons (Fsp3) is 0.400. The molecule has 1 amide bonds. The number of hydrogen-bond donors (Lipinski definition) is 3. The Morgan fingerprint density at radius 3 is 2.95 bits per heavy atom. The first kappa shape index (κ1) is 16.0. The van der Waals surface area contributed by atoms with Crippen molar-refractivity contribution in [2.75, 3.05) is 6.54 Å². The molecule has 0 aliphatic rings. The summed E-state index contributed by atoms with van der Waals surface area (Å²) in [5.41, 5.74) is 1.38. The minimum absolute atomic E-state index is 0.00702. The summed E-state index contributed by atoms with van der Waals surface area (Å²) < 4.78 is 1.52. The molecule has 1 unspecified atom stereocenters. The first-order chi connectivity index (χ1) is 10.5. The van der Waals surface area contributed by atoms with Crippen molar-refractivity contribution in [2.45, 2.75) is 25.9 Å². The number of H-pyrrole nitrogens is 1. The highest BCUT2D eigenvalue weighted by Crippen LogP contribution is 2.08. The van der Waals surface area contributed by atoms with E-state index in [9.17, 15) is 14.7 Å². The number of hydrogen-bond acceptors (Lipinski definition) is 4. The normalized spacial score (nSPS) is 12.1. The Balaban J connectivity index is 1.99. The molecule has 0 spiro atoms. The number of amides is 1. The van der Waals surface area contributed by atoms with Crippen molar-refractivity contribution in [2.24, 2.45) is 7.05 Å². The summed E-state index contributed by atoms with van der Waals surface area (Å²) in [6, 6.07) is 6.26. The van der Waals surface area contributed by atoms with E-state index in [-0.39, 0.29) is 18.0 Å². The average molecular weight is 304 g/mol. The molecule has 7 heteroatoms. The molecule has 2 aromatic heterocycles. The van der Waals surface area contributed by atoms with Crippen LogP contribution >= 0.6 is 0 Å². The third-order valence-electron chi connectivity index (χ3n) is 3.28. The Bertz CT molecular complexity index is 705.